The third-order valence-electron chi connectivity index (χ3n) is 6.12. The maximum absolute atomic E-state index is 12.8. The molecule has 1 unspecified atom stereocenters. The van der Waals surface area contributed by atoms with Crippen LogP contribution in [-0.2, 0) is 4.79 Å². The number of hydrogen-bond donors (Lipinski definition) is 2. The maximum Gasteiger partial charge on any atom is 0.311 e. The van der Waals surface area contributed by atoms with Gasteiger partial charge in [-0.1, -0.05) is 17.7 Å². The predicted octanol–water partition coefficient (Wildman–Crippen LogP) is 6.41. The number of methoxy groups -OCH3 is 1. The Morgan fingerprint density at radius 2 is 1.76 bits per heavy atom. The smallest absolute Gasteiger partial charge is 0.311 e. The van der Waals surface area contributed by atoms with Crippen LogP contribution in [0.2, 0.25) is 5.02 Å². The molecule has 1 aliphatic rings. The molecule has 1 atom stereocenters. The van der Waals surface area contributed by atoms with Crippen LogP contribution in [-0.4, -0.2) is 35.7 Å². The summed E-state index contributed by atoms with van der Waals surface area (Å²) in [6.07, 6.45) is 0.379. The number of carbonyl (C=O) groups excluding carboxylic acids is 1. The van der Waals surface area contributed by atoms with E-state index in [1.165, 1.54) is 0 Å². The second kappa shape index (κ2) is 10.8. The molecule has 1 amide bonds. The number of nitrogens with one attached hydrogen (secondary N) is 1. The van der Waals surface area contributed by atoms with Crippen LogP contribution in [0.3, 0.4) is 0 Å². The van der Waals surface area contributed by atoms with Gasteiger partial charge < -0.3 is 24.6 Å². The first-order valence-electron chi connectivity index (χ1n) is 11.8. The summed E-state index contributed by atoms with van der Waals surface area (Å²) >= 11 is 6.37. The fourth-order valence-corrected chi connectivity index (χ4v) is 4.35. The number of anilines is 1. The number of carboxylic acids is 1. The molecule has 5 rings (SSSR count). The number of rotatable bonds is 7. The molecule has 1 aromatic heterocycles. The number of hydrogen-bond acceptors (Lipinski definition) is 6. The zero-order valence-electron chi connectivity index (χ0n) is 20.3. The van der Waals surface area contributed by atoms with Crippen LogP contribution in [0.15, 0.2) is 78.9 Å². The summed E-state index contributed by atoms with van der Waals surface area (Å²) in [5.41, 5.74) is 2.55. The zero-order chi connectivity index (χ0) is 26.6. The molecule has 0 saturated heterocycles. The highest BCUT2D eigenvalue weighted by Gasteiger charge is 2.29. The summed E-state index contributed by atoms with van der Waals surface area (Å²) in [6.45, 7) is 0.298. The molecule has 8 nitrogen and oxygen atoms in total. The number of fused-ring (bicyclic) bond motifs is 1. The second-order valence-corrected chi connectivity index (χ2v) is 8.97. The van der Waals surface area contributed by atoms with Crippen LogP contribution in [0.1, 0.15) is 28.3 Å². The number of ether oxygens (including phenoxy) is 3. The van der Waals surface area contributed by atoms with Crippen LogP contribution in [0.25, 0.3) is 11.3 Å². The van der Waals surface area contributed by atoms with Crippen molar-refractivity contribution in [1.82, 2.24) is 4.98 Å². The minimum atomic E-state index is -0.921. The highest BCUT2D eigenvalue weighted by atomic mass is 35.5. The van der Waals surface area contributed by atoms with E-state index in [1.807, 2.05) is 36.4 Å². The van der Waals surface area contributed by atoms with Crippen molar-refractivity contribution < 1.29 is 28.9 Å². The second-order valence-electron chi connectivity index (χ2n) is 8.57. The fraction of sp³-hybridized carbons (Fsp3) is 0.138. The quantitative estimate of drug-likeness (QED) is 0.284. The maximum atomic E-state index is 12.8. The third-order valence-corrected chi connectivity index (χ3v) is 6.42. The van der Waals surface area contributed by atoms with Crippen molar-refractivity contribution in [2.75, 3.05) is 19.0 Å². The third kappa shape index (κ3) is 5.40. The molecular weight excluding hydrogens is 508 g/mol. The molecule has 38 heavy (non-hydrogen) atoms. The molecule has 0 spiro atoms. The molecule has 0 aliphatic carbocycles. The van der Waals surface area contributed by atoms with Gasteiger partial charge in [-0.3, -0.25) is 9.59 Å². The van der Waals surface area contributed by atoms with Gasteiger partial charge in [-0.25, -0.2) is 4.98 Å². The Morgan fingerprint density at radius 1 is 1.03 bits per heavy atom. The lowest BCUT2D eigenvalue weighted by Crippen LogP contribution is -2.20. The van der Waals surface area contributed by atoms with Crippen LogP contribution >= 0.6 is 11.6 Å². The average molecular weight is 531 g/mol. The Kier molecular flexibility index (Phi) is 7.15. The van der Waals surface area contributed by atoms with Crippen molar-refractivity contribution in [3.63, 3.8) is 0 Å². The van der Waals surface area contributed by atoms with Gasteiger partial charge in [0.05, 0.1) is 30.4 Å². The molecule has 9 heteroatoms. The van der Waals surface area contributed by atoms with Crippen molar-refractivity contribution in [2.45, 2.75) is 12.3 Å². The Hall–Kier alpha value is -4.56. The lowest BCUT2D eigenvalue weighted by molar-refractivity contribution is -0.139. The average Bonchev–Trinajstić information content (AvgIpc) is 2.93. The molecule has 1 aliphatic heterocycles. The van der Waals surface area contributed by atoms with Gasteiger partial charge in [0.25, 0.3) is 5.91 Å². The molecule has 0 radical (unpaired) electrons. The van der Waals surface area contributed by atoms with Crippen LogP contribution < -0.4 is 19.5 Å². The van der Waals surface area contributed by atoms with Gasteiger partial charge in [0, 0.05) is 22.8 Å². The van der Waals surface area contributed by atoms with Gasteiger partial charge in [0.15, 0.2) is 0 Å². The number of carboxylic acid groups (broad SMARTS) is 1. The minimum Gasteiger partial charge on any atom is -0.497 e. The summed E-state index contributed by atoms with van der Waals surface area (Å²) in [5.74, 6) is 0.468. The number of nitrogens with zero attached hydrogens (tertiary/aromatic N) is 1. The standard InChI is InChI=1S/C29H23ClN2O6/c1-36-19-9-5-17(6-10-19)24-3-2-4-27(31-24)32-28(33)18-7-11-20(12-8-18)38-26-16-25-22(15-23(26)30)21(29(34)35)13-14-37-25/h2-12,15-16,21H,13-14H2,1H3,(H,34,35)(H,31,32,33). The lowest BCUT2D eigenvalue weighted by Gasteiger charge is -2.24. The molecular formula is C29H23ClN2O6. The summed E-state index contributed by atoms with van der Waals surface area (Å²) in [5, 5.41) is 12.5. The van der Waals surface area contributed by atoms with Gasteiger partial charge in [0.2, 0.25) is 0 Å². The summed E-state index contributed by atoms with van der Waals surface area (Å²) in [7, 11) is 1.61. The van der Waals surface area contributed by atoms with E-state index >= 15 is 0 Å². The summed E-state index contributed by atoms with van der Waals surface area (Å²) < 4.78 is 16.7. The first kappa shape index (κ1) is 25.1. The minimum absolute atomic E-state index is 0.269. The zero-order valence-corrected chi connectivity index (χ0v) is 21.1. The van der Waals surface area contributed by atoms with Gasteiger partial charge in [0.1, 0.15) is 28.8 Å². The number of halogens is 1. The van der Waals surface area contributed by atoms with Gasteiger partial charge in [-0.2, -0.15) is 0 Å². The van der Waals surface area contributed by atoms with Gasteiger partial charge in [-0.05, 0) is 73.2 Å². The summed E-state index contributed by atoms with van der Waals surface area (Å²) in [6, 6.07) is 22.6. The van der Waals surface area contributed by atoms with E-state index in [0.29, 0.717) is 47.2 Å². The topological polar surface area (TPSA) is 107 Å². The molecule has 192 valence electrons. The Labute approximate surface area is 223 Å². The van der Waals surface area contributed by atoms with E-state index in [0.717, 1.165) is 17.0 Å². The Morgan fingerprint density at radius 3 is 2.47 bits per heavy atom. The van der Waals surface area contributed by atoms with E-state index in [4.69, 9.17) is 25.8 Å². The first-order valence-corrected chi connectivity index (χ1v) is 12.2. The molecule has 0 bridgehead atoms. The number of benzene rings is 3. The lowest BCUT2D eigenvalue weighted by atomic mass is 9.93. The highest BCUT2D eigenvalue weighted by Crippen LogP contribution is 2.41. The van der Waals surface area contributed by atoms with Crippen LogP contribution in [0.5, 0.6) is 23.0 Å². The first-order chi connectivity index (χ1) is 18.4. The molecule has 2 N–H and O–H groups in total. The van der Waals surface area contributed by atoms with E-state index in [9.17, 15) is 14.7 Å². The monoisotopic (exact) mass is 530 g/mol. The number of pyridine rings is 1. The molecule has 0 fully saturated rings. The van der Waals surface area contributed by atoms with Gasteiger partial charge >= 0.3 is 5.97 Å². The van der Waals surface area contributed by atoms with E-state index < -0.39 is 11.9 Å². The highest BCUT2D eigenvalue weighted by molar-refractivity contribution is 6.32. The number of aromatic nitrogens is 1. The predicted molar refractivity (Wildman–Crippen MR) is 143 cm³/mol. The number of amides is 1. The van der Waals surface area contributed by atoms with E-state index in [-0.39, 0.29) is 10.9 Å². The van der Waals surface area contributed by atoms with E-state index in [1.54, 1.807) is 49.6 Å². The molecule has 0 saturated carbocycles. The van der Waals surface area contributed by atoms with Crippen LogP contribution in [0.4, 0.5) is 5.82 Å². The SMILES string of the molecule is COc1ccc(-c2cccc(NC(=O)c3ccc(Oc4cc5c(cc4Cl)C(C(=O)O)CCO5)cc3)n2)cc1. The van der Waals surface area contributed by atoms with Crippen LogP contribution in [0, 0.1) is 0 Å². The normalized spacial score (nSPS) is 14.1. The number of carbonyl (C=O) groups is 2. The fourth-order valence-electron chi connectivity index (χ4n) is 4.14. The Bertz CT molecular complexity index is 1490. The largest absolute Gasteiger partial charge is 0.497 e. The summed E-state index contributed by atoms with van der Waals surface area (Å²) in [4.78, 5) is 28.9. The number of aliphatic carboxylic acids is 1. The molecule has 3 aromatic carbocycles. The van der Waals surface area contributed by atoms with E-state index in [2.05, 4.69) is 10.3 Å². The van der Waals surface area contributed by atoms with Crippen molar-refractivity contribution in [3.8, 4) is 34.3 Å². The van der Waals surface area contributed by atoms with Crippen molar-refractivity contribution in [3.05, 3.63) is 95.0 Å². The van der Waals surface area contributed by atoms with Gasteiger partial charge in [-0.15, -0.1) is 0 Å². The Balaban J connectivity index is 1.27. The molecule has 4 aromatic rings. The molecule has 2 heterocycles. The van der Waals surface area contributed by atoms with Crippen molar-refractivity contribution in [2.24, 2.45) is 0 Å². The van der Waals surface area contributed by atoms with Crippen molar-refractivity contribution in [1.29, 1.82) is 0 Å². The van der Waals surface area contributed by atoms with Crippen molar-refractivity contribution >= 4 is 29.3 Å².